The number of amides is 1. The Morgan fingerprint density at radius 1 is 1.33 bits per heavy atom. The number of carbonyl (C=O) groups is 1. The first kappa shape index (κ1) is 16.7. The Morgan fingerprint density at radius 3 is 2.43 bits per heavy atom. The quantitative estimate of drug-likeness (QED) is 0.643. The highest BCUT2D eigenvalue weighted by molar-refractivity contribution is 5.84. The van der Waals surface area contributed by atoms with Gasteiger partial charge in [0.2, 0.25) is 5.91 Å². The molecular weight excluding hydrogens is 274 g/mol. The lowest BCUT2D eigenvalue weighted by atomic mass is 10.2. The monoisotopic (exact) mass is 295 g/mol. The fourth-order valence-electron chi connectivity index (χ4n) is 1.80. The Morgan fingerprint density at radius 2 is 1.95 bits per heavy atom. The first-order valence-electron chi connectivity index (χ1n) is 6.65. The maximum absolute atomic E-state index is 11.8. The van der Waals surface area contributed by atoms with Gasteiger partial charge in [0.05, 0.1) is 11.0 Å². The minimum Gasteiger partial charge on any atom is -0.484 e. The molecule has 1 rings (SSSR count). The summed E-state index contributed by atoms with van der Waals surface area (Å²) in [4.78, 5) is 23.8. The van der Waals surface area contributed by atoms with Gasteiger partial charge in [-0.05, 0) is 26.8 Å². The molecule has 7 nitrogen and oxygen atoms in total. The van der Waals surface area contributed by atoms with E-state index in [4.69, 9.17) is 4.74 Å². The van der Waals surface area contributed by atoms with E-state index < -0.39 is 11.0 Å². The highest BCUT2D eigenvalue weighted by atomic mass is 16.6. The van der Waals surface area contributed by atoms with Crippen molar-refractivity contribution in [3.8, 4) is 5.75 Å². The van der Waals surface area contributed by atoms with Crippen LogP contribution in [0.1, 0.15) is 20.8 Å². The van der Waals surface area contributed by atoms with Gasteiger partial charge in [0, 0.05) is 31.9 Å². The van der Waals surface area contributed by atoms with Crippen LogP contribution < -0.4 is 10.1 Å². The van der Waals surface area contributed by atoms with Crippen molar-refractivity contribution in [1.29, 1.82) is 0 Å². The van der Waals surface area contributed by atoms with Crippen molar-refractivity contribution >= 4 is 17.3 Å². The van der Waals surface area contributed by atoms with Crippen molar-refractivity contribution in [2.75, 3.05) is 19.4 Å². The summed E-state index contributed by atoms with van der Waals surface area (Å²) in [6, 6.07) is 4.03. The molecule has 21 heavy (non-hydrogen) atoms. The van der Waals surface area contributed by atoms with E-state index in [1.165, 1.54) is 17.0 Å². The molecule has 0 radical (unpaired) electrons. The average Bonchev–Trinajstić information content (AvgIpc) is 2.36. The van der Waals surface area contributed by atoms with Gasteiger partial charge in [0.15, 0.2) is 5.75 Å². The molecule has 1 aromatic rings. The molecule has 0 aliphatic heterocycles. The average molecular weight is 295 g/mol. The molecule has 0 fully saturated rings. The lowest BCUT2D eigenvalue weighted by Gasteiger charge is -2.19. The van der Waals surface area contributed by atoms with Crippen LogP contribution in [0.15, 0.2) is 18.2 Å². The van der Waals surface area contributed by atoms with Crippen LogP contribution in [0.4, 0.5) is 11.4 Å². The van der Waals surface area contributed by atoms with Gasteiger partial charge in [-0.2, -0.15) is 0 Å². The maximum atomic E-state index is 11.8. The molecule has 0 spiro atoms. The number of nitro groups is 1. The molecule has 116 valence electrons. The molecule has 0 aliphatic rings. The zero-order valence-corrected chi connectivity index (χ0v) is 12.9. The zero-order valence-electron chi connectivity index (χ0n) is 12.9. The van der Waals surface area contributed by atoms with Crippen LogP contribution in [-0.2, 0) is 4.79 Å². The predicted molar refractivity (Wildman–Crippen MR) is 80.6 cm³/mol. The zero-order chi connectivity index (χ0) is 16.2. The number of benzene rings is 1. The first-order valence-corrected chi connectivity index (χ1v) is 6.65. The van der Waals surface area contributed by atoms with Crippen molar-refractivity contribution in [3.05, 3.63) is 28.3 Å². The molecule has 0 saturated heterocycles. The standard InChI is InChI=1S/C14H21N3O4/c1-9(2)21-13-8-11(6-7-12(13)17(19)20)15-10(3)14(18)16(4)5/h6-10,15H,1-5H3. The van der Waals surface area contributed by atoms with Crippen LogP contribution in [0.3, 0.4) is 0 Å². The molecule has 1 aromatic carbocycles. The van der Waals surface area contributed by atoms with Gasteiger partial charge < -0.3 is 15.0 Å². The number of carbonyl (C=O) groups excluding carboxylic acids is 1. The molecule has 7 heteroatoms. The molecule has 0 heterocycles. The van der Waals surface area contributed by atoms with Gasteiger partial charge in [-0.15, -0.1) is 0 Å². The molecule has 1 unspecified atom stereocenters. The van der Waals surface area contributed by atoms with Gasteiger partial charge >= 0.3 is 5.69 Å². The fraction of sp³-hybridized carbons (Fsp3) is 0.500. The summed E-state index contributed by atoms with van der Waals surface area (Å²) in [6.07, 6.45) is -0.181. The number of likely N-dealkylation sites (N-methyl/N-ethyl adjacent to an activating group) is 1. The minimum atomic E-state index is -0.490. The lowest BCUT2D eigenvalue weighted by molar-refractivity contribution is -0.386. The van der Waals surface area contributed by atoms with Crippen molar-refractivity contribution in [2.45, 2.75) is 32.9 Å². The summed E-state index contributed by atoms with van der Waals surface area (Å²) in [5, 5.41) is 14.0. The largest absolute Gasteiger partial charge is 0.484 e. The number of ether oxygens (including phenoxy) is 1. The van der Waals surface area contributed by atoms with Gasteiger partial charge in [0.25, 0.3) is 0 Å². The van der Waals surface area contributed by atoms with E-state index >= 15 is 0 Å². The van der Waals surface area contributed by atoms with Crippen LogP contribution in [0, 0.1) is 10.1 Å². The number of anilines is 1. The van der Waals surface area contributed by atoms with E-state index in [0.717, 1.165) is 0 Å². The highest BCUT2D eigenvalue weighted by Gasteiger charge is 2.19. The number of nitrogens with one attached hydrogen (secondary N) is 1. The third kappa shape index (κ3) is 4.62. The Kier molecular flexibility index (Phi) is 5.52. The Labute approximate surface area is 124 Å². The summed E-state index contributed by atoms with van der Waals surface area (Å²) < 4.78 is 5.46. The second-order valence-corrected chi connectivity index (χ2v) is 5.20. The summed E-state index contributed by atoms with van der Waals surface area (Å²) >= 11 is 0. The van der Waals surface area contributed by atoms with Gasteiger partial charge in [-0.25, -0.2) is 0 Å². The van der Waals surface area contributed by atoms with Crippen LogP contribution in [0.5, 0.6) is 5.75 Å². The number of hydrogen-bond donors (Lipinski definition) is 1. The molecule has 1 N–H and O–H groups in total. The topological polar surface area (TPSA) is 84.7 Å². The van der Waals surface area contributed by atoms with Gasteiger partial charge in [-0.3, -0.25) is 14.9 Å². The lowest BCUT2D eigenvalue weighted by Crippen LogP contribution is -2.36. The Bertz CT molecular complexity index is 529. The van der Waals surface area contributed by atoms with E-state index in [9.17, 15) is 14.9 Å². The Hall–Kier alpha value is -2.31. The van der Waals surface area contributed by atoms with E-state index in [2.05, 4.69) is 5.32 Å². The van der Waals surface area contributed by atoms with Crippen molar-refractivity contribution in [3.63, 3.8) is 0 Å². The van der Waals surface area contributed by atoms with Crippen molar-refractivity contribution < 1.29 is 14.5 Å². The van der Waals surface area contributed by atoms with E-state index in [1.54, 1.807) is 40.9 Å². The summed E-state index contributed by atoms with van der Waals surface area (Å²) in [5.41, 5.74) is 0.500. The third-order valence-corrected chi connectivity index (χ3v) is 2.71. The number of hydrogen-bond acceptors (Lipinski definition) is 5. The molecular formula is C14H21N3O4. The van der Waals surface area contributed by atoms with Crippen LogP contribution in [0.2, 0.25) is 0 Å². The van der Waals surface area contributed by atoms with Crippen LogP contribution in [-0.4, -0.2) is 42.0 Å². The molecule has 0 bridgehead atoms. The summed E-state index contributed by atoms with van der Waals surface area (Å²) in [6.45, 7) is 5.32. The minimum absolute atomic E-state index is 0.0836. The normalized spacial score (nSPS) is 11.9. The smallest absolute Gasteiger partial charge is 0.311 e. The summed E-state index contributed by atoms with van der Waals surface area (Å²) in [7, 11) is 3.34. The Balaban J connectivity index is 2.99. The highest BCUT2D eigenvalue weighted by Crippen LogP contribution is 2.31. The van der Waals surface area contributed by atoms with Crippen LogP contribution in [0.25, 0.3) is 0 Å². The van der Waals surface area contributed by atoms with Crippen molar-refractivity contribution in [2.24, 2.45) is 0 Å². The second kappa shape index (κ2) is 6.92. The van der Waals surface area contributed by atoms with Gasteiger partial charge in [0.1, 0.15) is 6.04 Å². The SMILES string of the molecule is CC(C)Oc1cc(NC(C)C(=O)N(C)C)ccc1[N+](=O)[O-]. The molecule has 0 aromatic heterocycles. The number of nitrogens with zero attached hydrogens (tertiary/aromatic N) is 2. The second-order valence-electron chi connectivity index (χ2n) is 5.20. The van der Waals surface area contributed by atoms with E-state index in [-0.39, 0.29) is 23.4 Å². The first-order chi connectivity index (χ1) is 9.72. The summed E-state index contributed by atoms with van der Waals surface area (Å²) in [5.74, 6) is 0.101. The number of rotatable bonds is 6. The predicted octanol–water partition coefficient (Wildman–Crippen LogP) is 2.27. The number of nitro benzene ring substituents is 1. The maximum Gasteiger partial charge on any atom is 0.311 e. The molecule has 1 atom stereocenters. The van der Waals surface area contributed by atoms with Crippen molar-refractivity contribution in [1.82, 2.24) is 4.90 Å². The molecule has 1 amide bonds. The van der Waals surface area contributed by atoms with E-state index in [1.807, 2.05) is 0 Å². The molecule has 0 saturated carbocycles. The van der Waals surface area contributed by atoms with E-state index in [0.29, 0.717) is 5.69 Å². The van der Waals surface area contributed by atoms with Gasteiger partial charge in [-0.1, -0.05) is 0 Å². The van der Waals surface area contributed by atoms with Crippen LogP contribution >= 0.6 is 0 Å². The third-order valence-electron chi connectivity index (χ3n) is 2.71. The molecule has 0 aliphatic carbocycles. The fourth-order valence-corrected chi connectivity index (χ4v) is 1.80.